The van der Waals surface area contributed by atoms with E-state index in [1.54, 1.807) is 0 Å². The van der Waals surface area contributed by atoms with Crippen molar-refractivity contribution in [2.45, 2.75) is 296 Å². The number of unbranched alkanes of at least 4 members (excludes halogenated alkanes) is 36. The van der Waals surface area contributed by atoms with Gasteiger partial charge in [0.2, 0.25) is 0 Å². The summed E-state index contributed by atoms with van der Waals surface area (Å²) in [5, 5.41) is 11.7. The van der Waals surface area contributed by atoms with Gasteiger partial charge in [-0.1, -0.05) is 238 Å². The fourth-order valence-electron chi connectivity index (χ4n) is 8.78. The number of allylic oxidation sites excluding steroid dienone is 2. The van der Waals surface area contributed by atoms with Crippen LogP contribution in [0.1, 0.15) is 284 Å². The maximum absolute atomic E-state index is 12.8. The van der Waals surface area contributed by atoms with Crippen LogP contribution < -0.4 is 5.11 Å². The lowest BCUT2D eigenvalue weighted by molar-refractivity contribution is -0.889. The zero-order valence-electron chi connectivity index (χ0n) is 43.9. The molecule has 2 unspecified atom stereocenters. The maximum atomic E-state index is 12.8. The number of quaternary nitrogens is 1. The maximum Gasteiger partial charge on any atom is 0.306 e. The number of carbonyl (C=O) groups is 3. The van der Waals surface area contributed by atoms with Crippen LogP contribution in [0, 0.1) is 0 Å². The van der Waals surface area contributed by atoms with Gasteiger partial charge in [-0.2, -0.15) is 0 Å². The monoisotopic (exact) mass is 920 g/mol. The van der Waals surface area contributed by atoms with Crippen LogP contribution in [0.3, 0.4) is 0 Å². The number of hydrogen-bond donors (Lipinski definition) is 0. The van der Waals surface area contributed by atoms with Gasteiger partial charge < -0.3 is 28.6 Å². The fourth-order valence-corrected chi connectivity index (χ4v) is 8.78. The first-order valence-electron chi connectivity index (χ1n) is 28.2. The standard InChI is InChI=1S/C57H109NO7/c1-6-8-10-12-14-16-18-20-22-24-26-27-28-30-32-34-36-38-40-42-44-46-48-56(60)65-53(51-63-50-49-54(57(61)62)58(3,4)5)52-64-55(59)47-45-43-41-39-37-35-33-31-29-25-23-21-19-17-15-13-11-9-7-2/h25,29,53-54H,6-24,26-28,30-52H2,1-5H3/b29-25+. The van der Waals surface area contributed by atoms with Crippen LogP contribution in [0.25, 0.3) is 0 Å². The summed E-state index contributed by atoms with van der Waals surface area (Å²) in [7, 11) is 5.43. The lowest BCUT2D eigenvalue weighted by atomic mass is 10.0. The van der Waals surface area contributed by atoms with Crippen molar-refractivity contribution in [3.63, 3.8) is 0 Å². The van der Waals surface area contributed by atoms with Gasteiger partial charge in [0.1, 0.15) is 12.6 Å². The highest BCUT2D eigenvalue weighted by Gasteiger charge is 2.25. The molecule has 384 valence electrons. The SMILES string of the molecule is CCCCCCCCCC/C=C/CCCCCCCCCC(=O)OCC(COCCC(C(=O)[O-])[N+](C)(C)C)OC(=O)CCCCCCCCCCCCCCCCCCCCCCCC. The van der Waals surface area contributed by atoms with Gasteiger partial charge in [0.25, 0.3) is 0 Å². The Bertz CT molecular complexity index is 1070. The van der Waals surface area contributed by atoms with Gasteiger partial charge in [0.15, 0.2) is 6.10 Å². The van der Waals surface area contributed by atoms with E-state index < -0.39 is 18.1 Å². The van der Waals surface area contributed by atoms with Crippen LogP contribution in [0.15, 0.2) is 12.2 Å². The van der Waals surface area contributed by atoms with E-state index >= 15 is 0 Å². The van der Waals surface area contributed by atoms with Crippen LogP contribution >= 0.6 is 0 Å². The lowest BCUT2D eigenvalue weighted by Gasteiger charge is -2.34. The number of carboxylic acid groups (broad SMARTS) is 1. The smallest absolute Gasteiger partial charge is 0.306 e. The van der Waals surface area contributed by atoms with Crippen molar-refractivity contribution < 1.29 is 38.2 Å². The van der Waals surface area contributed by atoms with Gasteiger partial charge in [-0.3, -0.25) is 9.59 Å². The number of hydrogen-bond acceptors (Lipinski definition) is 7. The molecule has 0 radical (unpaired) electrons. The van der Waals surface area contributed by atoms with Crippen LogP contribution in [0.4, 0.5) is 0 Å². The number of nitrogens with zero attached hydrogens (tertiary/aromatic N) is 1. The van der Waals surface area contributed by atoms with Crippen molar-refractivity contribution in [1.82, 2.24) is 0 Å². The number of aliphatic carboxylic acids is 1. The molecular weight excluding hydrogens is 811 g/mol. The van der Waals surface area contributed by atoms with E-state index in [0.717, 1.165) is 38.5 Å². The normalized spacial score (nSPS) is 12.8. The molecule has 65 heavy (non-hydrogen) atoms. The zero-order chi connectivity index (χ0) is 47.7. The average Bonchev–Trinajstić information content (AvgIpc) is 3.27. The minimum atomic E-state index is -1.12. The van der Waals surface area contributed by atoms with Crippen molar-refractivity contribution in [1.29, 1.82) is 0 Å². The summed E-state index contributed by atoms with van der Waals surface area (Å²) in [5.41, 5.74) is 0. The number of esters is 2. The molecule has 0 aliphatic rings. The van der Waals surface area contributed by atoms with Gasteiger partial charge in [-0.05, 0) is 38.5 Å². The predicted molar refractivity (Wildman–Crippen MR) is 273 cm³/mol. The molecule has 0 rings (SSSR count). The molecule has 0 aliphatic carbocycles. The van der Waals surface area contributed by atoms with E-state index in [2.05, 4.69) is 26.0 Å². The molecular formula is C57H109NO7. The number of ether oxygens (including phenoxy) is 3. The fraction of sp³-hybridized carbons (Fsp3) is 0.912. The summed E-state index contributed by atoms with van der Waals surface area (Å²) in [4.78, 5) is 37.1. The van der Waals surface area contributed by atoms with Gasteiger partial charge >= 0.3 is 11.9 Å². The Labute approximate surface area is 403 Å². The van der Waals surface area contributed by atoms with Crippen molar-refractivity contribution in [2.75, 3.05) is 41.0 Å². The number of carbonyl (C=O) groups excluding carboxylic acids is 3. The van der Waals surface area contributed by atoms with E-state index in [4.69, 9.17) is 14.2 Å². The first-order valence-corrected chi connectivity index (χ1v) is 28.2. The highest BCUT2D eigenvalue weighted by atomic mass is 16.6. The topological polar surface area (TPSA) is 102 Å². The Balaban J connectivity index is 4.15. The van der Waals surface area contributed by atoms with E-state index in [-0.39, 0.29) is 42.7 Å². The van der Waals surface area contributed by atoms with E-state index in [9.17, 15) is 19.5 Å². The Hall–Kier alpha value is -1.93. The summed E-state index contributed by atoms with van der Waals surface area (Å²) < 4.78 is 17.3. The molecule has 8 nitrogen and oxygen atoms in total. The van der Waals surface area contributed by atoms with E-state index in [1.807, 2.05) is 21.1 Å². The molecule has 0 aromatic heterocycles. The van der Waals surface area contributed by atoms with Gasteiger partial charge in [-0.25, -0.2) is 0 Å². The quantitative estimate of drug-likeness (QED) is 0.0259. The minimum absolute atomic E-state index is 0.0460. The second kappa shape index (κ2) is 48.5. The molecule has 0 saturated carbocycles. The molecule has 0 aliphatic heterocycles. The second-order valence-electron chi connectivity index (χ2n) is 20.5. The van der Waals surface area contributed by atoms with Crippen molar-refractivity contribution >= 4 is 17.9 Å². The Morgan fingerprint density at radius 1 is 0.446 bits per heavy atom. The number of rotatable bonds is 52. The van der Waals surface area contributed by atoms with E-state index in [0.29, 0.717) is 12.8 Å². The van der Waals surface area contributed by atoms with Gasteiger partial charge in [0, 0.05) is 19.3 Å². The predicted octanol–water partition coefficient (Wildman–Crippen LogP) is 15.3. The summed E-state index contributed by atoms with van der Waals surface area (Å²) in [5.74, 6) is -1.71. The third-order valence-electron chi connectivity index (χ3n) is 13.2. The highest BCUT2D eigenvalue weighted by Crippen LogP contribution is 2.17. The Morgan fingerprint density at radius 2 is 0.769 bits per heavy atom. The largest absolute Gasteiger partial charge is 0.544 e. The summed E-state index contributed by atoms with van der Waals surface area (Å²) in [6.07, 6.45) is 55.4. The van der Waals surface area contributed by atoms with Crippen molar-refractivity contribution in [3.05, 3.63) is 12.2 Å². The molecule has 0 saturated heterocycles. The molecule has 2 atom stereocenters. The van der Waals surface area contributed by atoms with Crippen LogP contribution in [0.5, 0.6) is 0 Å². The molecule has 0 spiro atoms. The Morgan fingerprint density at radius 3 is 1.11 bits per heavy atom. The first-order chi connectivity index (χ1) is 31.6. The van der Waals surface area contributed by atoms with Gasteiger partial charge in [0.05, 0.1) is 40.3 Å². The Kier molecular flexibility index (Phi) is 47.1. The second-order valence-corrected chi connectivity index (χ2v) is 20.5. The molecule has 0 heterocycles. The van der Waals surface area contributed by atoms with Crippen LogP contribution in [-0.4, -0.2) is 75.5 Å². The van der Waals surface area contributed by atoms with Crippen molar-refractivity contribution in [3.8, 4) is 0 Å². The molecule has 0 amide bonds. The number of carboxylic acids is 1. The molecule has 0 bridgehead atoms. The molecule has 0 aromatic rings. The first kappa shape index (κ1) is 63.1. The van der Waals surface area contributed by atoms with Gasteiger partial charge in [-0.15, -0.1) is 0 Å². The van der Waals surface area contributed by atoms with Crippen LogP contribution in [-0.2, 0) is 28.6 Å². The summed E-state index contributed by atoms with van der Waals surface area (Å²) in [6, 6.07) is -0.723. The van der Waals surface area contributed by atoms with E-state index in [1.165, 1.54) is 212 Å². The zero-order valence-corrected chi connectivity index (χ0v) is 43.9. The molecule has 0 fully saturated rings. The highest BCUT2D eigenvalue weighted by molar-refractivity contribution is 5.70. The lowest BCUT2D eigenvalue weighted by Crippen LogP contribution is -2.55. The third-order valence-corrected chi connectivity index (χ3v) is 13.2. The molecule has 8 heteroatoms. The summed E-state index contributed by atoms with van der Waals surface area (Å²) in [6.45, 7) is 4.72. The molecule has 0 N–H and O–H groups in total. The number of likely N-dealkylation sites (N-methyl/N-ethyl adjacent to an activating group) is 1. The summed E-state index contributed by atoms with van der Waals surface area (Å²) >= 11 is 0. The van der Waals surface area contributed by atoms with Crippen molar-refractivity contribution in [2.24, 2.45) is 0 Å². The molecule has 0 aromatic carbocycles. The minimum Gasteiger partial charge on any atom is -0.544 e. The third kappa shape index (κ3) is 46.9. The van der Waals surface area contributed by atoms with Crippen LogP contribution in [0.2, 0.25) is 0 Å². The average molecular weight is 920 g/mol.